The molecule has 1 aliphatic heterocycles. The summed E-state index contributed by atoms with van der Waals surface area (Å²) in [6, 6.07) is 7.27. The molecular weight excluding hydrogens is 308 g/mol. The van der Waals surface area contributed by atoms with Gasteiger partial charge in [0.15, 0.2) is 5.76 Å². The van der Waals surface area contributed by atoms with Gasteiger partial charge in [-0.15, -0.1) is 0 Å². The highest BCUT2D eigenvalue weighted by Gasteiger charge is 2.30. The third-order valence-corrected chi connectivity index (χ3v) is 4.32. The van der Waals surface area contributed by atoms with Crippen LogP contribution in [0.3, 0.4) is 0 Å². The van der Waals surface area contributed by atoms with Crippen molar-refractivity contribution in [3.8, 4) is 17.0 Å². The molecule has 1 fully saturated rings. The smallest absolute Gasteiger partial charge is 0.259 e. The second-order valence-electron chi connectivity index (χ2n) is 6.03. The Hall–Kier alpha value is -2.34. The average molecular weight is 330 g/mol. The molecule has 24 heavy (non-hydrogen) atoms. The van der Waals surface area contributed by atoms with E-state index in [4.69, 9.17) is 9.26 Å². The van der Waals surface area contributed by atoms with Gasteiger partial charge in [-0.2, -0.15) is 0 Å². The highest BCUT2D eigenvalue weighted by Crippen LogP contribution is 2.31. The molecular formula is C18H22N2O4. The van der Waals surface area contributed by atoms with Crippen molar-refractivity contribution < 1.29 is 19.2 Å². The predicted octanol–water partition coefficient (Wildman–Crippen LogP) is 3.03. The molecule has 128 valence electrons. The summed E-state index contributed by atoms with van der Waals surface area (Å²) in [6.07, 6.45) is 2.24. The van der Waals surface area contributed by atoms with Gasteiger partial charge in [-0.25, -0.2) is 0 Å². The summed E-state index contributed by atoms with van der Waals surface area (Å²) in [7, 11) is 1.60. The Balaban J connectivity index is 2.01. The zero-order valence-electron chi connectivity index (χ0n) is 14.0. The number of rotatable bonds is 4. The number of piperidine rings is 1. The first-order valence-electron chi connectivity index (χ1n) is 8.23. The van der Waals surface area contributed by atoms with Crippen LogP contribution in [0.5, 0.6) is 5.75 Å². The number of amides is 1. The minimum Gasteiger partial charge on any atom is -0.497 e. The van der Waals surface area contributed by atoms with Crippen molar-refractivity contribution in [2.24, 2.45) is 0 Å². The van der Waals surface area contributed by atoms with Gasteiger partial charge in [0.1, 0.15) is 23.1 Å². The molecule has 1 aliphatic rings. The summed E-state index contributed by atoms with van der Waals surface area (Å²) in [5.41, 5.74) is 1.58. The van der Waals surface area contributed by atoms with Crippen molar-refractivity contribution in [3.05, 3.63) is 35.6 Å². The Labute approximate surface area is 141 Å². The average Bonchev–Trinajstić information content (AvgIpc) is 3.07. The van der Waals surface area contributed by atoms with E-state index in [1.165, 1.54) is 0 Å². The first-order valence-corrected chi connectivity index (χ1v) is 8.23. The van der Waals surface area contributed by atoms with Crippen LogP contribution in [0.15, 0.2) is 28.8 Å². The molecule has 0 saturated carbocycles. The number of benzene rings is 1. The Kier molecular flexibility index (Phi) is 4.85. The lowest BCUT2D eigenvalue weighted by Crippen LogP contribution is -2.36. The van der Waals surface area contributed by atoms with Crippen LogP contribution in [-0.2, 0) is 0 Å². The Bertz CT molecular complexity index is 700. The number of aliphatic hydroxyl groups is 1. The number of aromatic nitrogens is 1. The van der Waals surface area contributed by atoms with E-state index in [9.17, 15) is 9.90 Å². The second kappa shape index (κ2) is 7.05. The first-order chi connectivity index (χ1) is 11.6. The van der Waals surface area contributed by atoms with Gasteiger partial charge in [0.05, 0.1) is 7.11 Å². The number of carbonyl (C=O) groups is 1. The van der Waals surface area contributed by atoms with E-state index < -0.39 is 6.10 Å². The Morgan fingerprint density at radius 3 is 2.50 bits per heavy atom. The molecule has 1 N–H and O–H groups in total. The van der Waals surface area contributed by atoms with Crippen molar-refractivity contribution in [2.45, 2.75) is 32.3 Å². The molecule has 6 nitrogen and oxygen atoms in total. The standard InChI is InChI=1S/C18H22N2O4/c1-12(21)17-15(18(22)20-10-4-3-5-11-20)16(19-24-17)13-6-8-14(23-2)9-7-13/h6-9,12,21H,3-5,10-11H2,1-2H3. The van der Waals surface area contributed by atoms with Gasteiger partial charge in [0, 0.05) is 18.7 Å². The molecule has 1 aromatic heterocycles. The van der Waals surface area contributed by atoms with Gasteiger partial charge < -0.3 is 19.3 Å². The van der Waals surface area contributed by atoms with Crippen LogP contribution in [0.25, 0.3) is 11.3 Å². The topological polar surface area (TPSA) is 75.8 Å². The van der Waals surface area contributed by atoms with E-state index in [0.29, 0.717) is 11.3 Å². The molecule has 0 bridgehead atoms. The first kappa shape index (κ1) is 16.5. The maximum atomic E-state index is 13.0. The van der Waals surface area contributed by atoms with Gasteiger partial charge in [-0.1, -0.05) is 5.16 Å². The molecule has 1 unspecified atom stereocenters. The van der Waals surface area contributed by atoms with E-state index in [0.717, 1.165) is 43.7 Å². The highest BCUT2D eigenvalue weighted by molar-refractivity contribution is 6.01. The third kappa shape index (κ3) is 3.14. The molecule has 0 spiro atoms. The fourth-order valence-electron chi connectivity index (χ4n) is 3.00. The summed E-state index contributed by atoms with van der Waals surface area (Å²) in [6.45, 7) is 3.03. The SMILES string of the molecule is COc1ccc(-c2noc(C(C)O)c2C(=O)N2CCCCC2)cc1. The molecule has 1 amide bonds. The molecule has 1 saturated heterocycles. The Morgan fingerprint density at radius 2 is 1.92 bits per heavy atom. The molecule has 1 atom stereocenters. The maximum absolute atomic E-state index is 13.0. The van der Waals surface area contributed by atoms with Crippen molar-refractivity contribution in [1.29, 1.82) is 0 Å². The maximum Gasteiger partial charge on any atom is 0.259 e. The lowest BCUT2D eigenvalue weighted by molar-refractivity contribution is 0.0713. The molecule has 0 aliphatic carbocycles. The number of hydrogen-bond acceptors (Lipinski definition) is 5. The van der Waals surface area contributed by atoms with Crippen LogP contribution in [0.2, 0.25) is 0 Å². The quantitative estimate of drug-likeness (QED) is 0.932. The van der Waals surface area contributed by atoms with Crippen LogP contribution in [0, 0.1) is 0 Å². The minimum absolute atomic E-state index is 0.127. The highest BCUT2D eigenvalue weighted by atomic mass is 16.5. The fourth-order valence-corrected chi connectivity index (χ4v) is 3.00. The molecule has 0 radical (unpaired) electrons. The van der Waals surface area contributed by atoms with Gasteiger partial charge in [0.25, 0.3) is 5.91 Å². The third-order valence-electron chi connectivity index (χ3n) is 4.32. The minimum atomic E-state index is -0.895. The largest absolute Gasteiger partial charge is 0.497 e. The monoisotopic (exact) mass is 330 g/mol. The van der Waals surface area contributed by atoms with Crippen molar-refractivity contribution >= 4 is 5.91 Å². The zero-order valence-corrected chi connectivity index (χ0v) is 14.0. The summed E-state index contributed by atoms with van der Waals surface area (Å²) >= 11 is 0. The van der Waals surface area contributed by atoms with Crippen LogP contribution >= 0.6 is 0 Å². The molecule has 6 heteroatoms. The van der Waals surface area contributed by atoms with E-state index in [-0.39, 0.29) is 11.7 Å². The number of nitrogens with zero attached hydrogens (tertiary/aromatic N) is 2. The van der Waals surface area contributed by atoms with Crippen LogP contribution in [0.4, 0.5) is 0 Å². The predicted molar refractivity (Wildman–Crippen MR) is 88.9 cm³/mol. The number of ether oxygens (including phenoxy) is 1. The molecule has 3 rings (SSSR count). The van der Waals surface area contributed by atoms with Crippen LogP contribution < -0.4 is 4.74 Å². The molecule has 2 aromatic rings. The molecule has 2 heterocycles. The van der Waals surface area contributed by atoms with Gasteiger partial charge >= 0.3 is 0 Å². The lowest BCUT2D eigenvalue weighted by Gasteiger charge is -2.26. The lowest BCUT2D eigenvalue weighted by atomic mass is 10.0. The summed E-state index contributed by atoms with van der Waals surface area (Å²) < 4.78 is 10.5. The van der Waals surface area contributed by atoms with Gasteiger partial charge in [0.2, 0.25) is 0 Å². The second-order valence-corrected chi connectivity index (χ2v) is 6.03. The normalized spacial score (nSPS) is 16.0. The summed E-state index contributed by atoms with van der Waals surface area (Å²) in [5.74, 6) is 0.816. The number of methoxy groups -OCH3 is 1. The number of aliphatic hydroxyl groups excluding tert-OH is 1. The summed E-state index contributed by atoms with van der Waals surface area (Å²) in [5, 5.41) is 14.0. The Morgan fingerprint density at radius 1 is 1.25 bits per heavy atom. The van der Waals surface area contributed by atoms with Gasteiger partial charge in [-0.3, -0.25) is 4.79 Å². The van der Waals surface area contributed by atoms with E-state index in [1.807, 2.05) is 17.0 Å². The van der Waals surface area contributed by atoms with Crippen LogP contribution in [-0.4, -0.2) is 41.3 Å². The van der Waals surface area contributed by atoms with Gasteiger partial charge in [-0.05, 0) is 50.5 Å². The number of likely N-dealkylation sites (tertiary alicyclic amines) is 1. The van der Waals surface area contributed by atoms with Crippen molar-refractivity contribution in [1.82, 2.24) is 10.1 Å². The molecule has 1 aromatic carbocycles. The van der Waals surface area contributed by atoms with E-state index in [1.54, 1.807) is 26.2 Å². The van der Waals surface area contributed by atoms with E-state index in [2.05, 4.69) is 5.16 Å². The van der Waals surface area contributed by atoms with E-state index >= 15 is 0 Å². The number of hydrogen-bond donors (Lipinski definition) is 1. The van der Waals surface area contributed by atoms with Crippen LogP contribution in [0.1, 0.15) is 48.4 Å². The fraction of sp³-hybridized carbons (Fsp3) is 0.444. The zero-order chi connectivity index (χ0) is 17.1. The van der Waals surface area contributed by atoms with Crippen molar-refractivity contribution in [3.63, 3.8) is 0 Å². The number of carbonyl (C=O) groups excluding carboxylic acids is 1. The van der Waals surface area contributed by atoms with Crippen molar-refractivity contribution in [2.75, 3.05) is 20.2 Å². The summed E-state index contributed by atoms with van der Waals surface area (Å²) in [4.78, 5) is 14.8.